The SMILES string of the molecule is COc1cc(NC(=O)C(=O)NN=C(C)CC(=O)Nc2ccc(Cl)c(C(F)(F)F)c2)c(OC)cc1Cl. The first kappa shape index (κ1) is 27.7. The Kier molecular flexibility index (Phi) is 9.32. The Bertz CT molecular complexity index is 1170. The van der Waals surface area contributed by atoms with Crippen molar-refractivity contribution in [1.82, 2.24) is 5.43 Å². The van der Waals surface area contributed by atoms with E-state index in [4.69, 9.17) is 32.7 Å². The Hall–Kier alpha value is -3.51. The van der Waals surface area contributed by atoms with E-state index in [0.29, 0.717) is 6.07 Å². The van der Waals surface area contributed by atoms with Crippen LogP contribution in [0.5, 0.6) is 11.5 Å². The van der Waals surface area contributed by atoms with Gasteiger partial charge in [0, 0.05) is 23.5 Å². The summed E-state index contributed by atoms with van der Waals surface area (Å²) in [5.74, 6) is -2.57. The molecule has 0 aliphatic carbocycles. The Morgan fingerprint density at radius 2 is 1.60 bits per heavy atom. The first-order valence-electron chi connectivity index (χ1n) is 9.58. The van der Waals surface area contributed by atoms with E-state index in [0.717, 1.165) is 6.07 Å². The lowest BCUT2D eigenvalue weighted by atomic mass is 10.2. The zero-order chi connectivity index (χ0) is 26.3. The smallest absolute Gasteiger partial charge is 0.417 e. The molecule has 0 spiro atoms. The average molecular weight is 535 g/mol. The van der Waals surface area contributed by atoms with E-state index in [-0.39, 0.29) is 40.0 Å². The maximum absolute atomic E-state index is 12.9. The van der Waals surface area contributed by atoms with Gasteiger partial charge in [-0.05, 0) is 25.1 Å². The fourth-order valence-electron chi connectivity index (χ4n) is 2.63. The van der Waals surface area contributed by atoms with Crippen molar-refractivity contribution in [2.45, 2.75) is 19.5 Å². The van der Waals surface area contributed by atoms with Gasteiger partial charge in [0.05, 0.1) is 41.9 Å². The van der Waals surface area contributed by atoms with E-state index in [1.54, 1.807) is 0 Å². The zero-order valence-corrected chi connectivity index (χ0v) is 20.0. The Morgan fingerprint density at radius 1 is 0.943 bits per heavy atom. The first-order chi connectivity index (χ1) is 16.3. The Morgan fingerprint density at radius 3 is 2.20 bits per heavy atom. The van der Waals surface area contributed by atoms with Gasteiger partial charge in [-0.1, -0.05) is 23.2 Å². The molecule has 0 unspecified atom stereocenters. The summed E-state index contributed by atoms with van der Waals surface area (Å²) >= 11 is 11.5. The third-order valence-electron chi connectivity index (χ3n) is 4.25. The molecule has 0 radical (unpaired) electrons. The largest absolute Gasteiger partial charge is 0.495 e. The summed E-state index contributed by atoms with van der Waals surface area (Å²) in [4.78, 5) is 36.4. The number of rotatable bonds is 7. The molecule has 9 nitrogen and oxygen atoms in total. The molecule has 0 fully saturated rings. The molecule has 3 N–H and O–H groups in total. The number of carbonyl (C=O) groups excluding carboxylic acids is 3. The van der Waals surface area contributed by atoms with Crippen LogP contribution in [-0.2, 0) is 20.6 Å². The van der Waals surface area contributed by atoms with Gasteiger partial charge < -0.3 is 20.1 Å². The number of hydrogen-bond donors (Lipinski definition) is 3. The number of anilines is 2. The van der Waals surface area contributed by atoms with Crippen LogP contribution in [0.3, 0.4) is 0 Å². The number of ether oxygens (including phenoxy) is 2. The number of methoxy groups -OCH3 is 2. The van der Waals surface area contributed by atoms with Gasteiger partial charge in [-0.25, -0.2) is 5.43 Å². The molecule has 2 aromatic carbocycles. The molecule has 0 saturated carbocycles. The zero-order valence-electron chi connectivity index (χ0n) is 18.5. The molecule has 0 saturated heterocycles. The molecule has 0 bridgehead atoms. The molecule has 0 aromatic heterocycles. The number of nitrogens with zero attached hydrogens (tertiary/aromatic N) is 1. The van der Waals surface area contributed by atoms with E-state index in [2.05, 4.69) is 15.7 Å². The number of amides is 3. The number of carbonyl (C=O) groups is 3. The molecule has 3 amide bonds. The lowest BCUT2D eigenvalue weighted by molar-refractivity contribution is -0.137. The molecule has 2 aromatic rings. The van der Waals surface area contributed by atoms with Crippen molar-refractivity contribution in [1.29, 1.82) is 0 Å². The predicted molar refractivity (Wildman–Crippen MR) is 124 cm³/mol. The molecule has 2 rings (SSSR count). The van der Waals surface area contributed by atoms with Crippen molar-refractivity contribution >= 4 is 58.0 Å². The summed E-state index contributed by atoms with van der Waals surface area (Å²) in [6.45, 7) is 1.37. The normalized spacial score (nSPS) is 11.5. The molecule has 0 atom stereocenters. The second-order valence-corrected chi connectivity index (χ2v) is 7.66. The second-order valence-electron chi connectivity index (χ2n) is 6.85. The molecule has 0 aliphatic rings. The van der Waals surface area contributed by atoms with E-state index in [1.807, 2.05) is 5.43 Å². The van der Waals surface area contributed by atoms with Crippen LogP contribution in [0.25, 0.3) is 0 Å². The third kappa shape index (κ3) is 7.76. The number of hydrogen-bond acceptors (Lipinski definition) is 6. The minimum absolute atomic E-state index is 0.0689. The number of alkyl halides is 3. The van der Waals surface area contributed by atoms with Gasteiger partial charge >= 0.3 is 18.0 Å². The van der Waals surface area contributed by atoms with E-state index >= 15 is 0 Å². The van der Waals surface area contributed by atoms with E-state index in [9.17, 15) is 27.6 Å². The van der Waals surface area contributed by atoms with Crippen LogP contribution in [0, 0.1) is 0 Å². The number of nitrogens with one attached hydrogen (secondary N) is 3. The van der Waals surface area contributed by atoms with Crippen molar-refractivity contribution < 1.29 is 37.0 Å². The summed E-state index contributed by atoms with van der Waals surface area (Å²) < 4.78 is 49.0. The highest BCUT2D eigenvalue weighted by molar-refractivity contribution is 6.40. The van der Waals surface area contributed by atoms with Crippen LogP contribution in [-0.4, -0.2) is 37.7 Å². The third-order valence-corrected chi connectivity index (χ3v) is 4.87. The monoisotopic (exact) mass is 534 g/mol. The van der Waals surface area contributed by atoms with Crippen molar-refractivity contribution in [3.8, 4) is 11.5 Å². The summed E-state index contributed by atoms with van der Waals surface area (Å²) in [5.41, 5.74) is 0.923. The predicted octanol–water partition coefficient (Wildman–Crippen LogP) is 4.49. The minimum atomic E-state index is -4.69. The van der Waals surface area contributed by atoms with Crippen LogP contribution in [0.1, 0.15) is 18.9 Å². The molecular weight excluding hydrogens is 516 g/mol. The Labute approximate surface area is 207 Å². The Balaban J connectivity index is 1.98. The number of benzene rings is 2. The van der Waals surface area contributed by atoms with Crippen molar-refractivity contribution in [2.75, 3.05) is 24.9 Å². The van der Waals surface area contributed by atoms with Crippen LogP contribution in [0.2, 0.25) is 10.0 Å². The highest BCUT2D eigenvalue weighted by Crippen LogP contribution is 2.37. The lowest BCUT2D eigenvalue weighted by Gasteiger charge is -2.12. The minimum Gasteiger partial charge on any atom is -0.495 e. The number of hydrazone groups is 1. The van der Waals surface area contributed by atoms with E-state index in [1.165, 1.54) is 39.3 Å². The highest BCUT2D eigenvalue weighted by atomic mass is 35.5. The molecule has 0 heterocycles. The van der Waals surface area contributed by atoms with Gasteiger partial charge in [-0.15, -0.1) is 0 Å². The van der Waals surface area contributed by atoms with Crippen molar-refractivity contribution in [3.05, 3.63) is 45.9 Å². The molecule has 188 valence electrons. The van der Waals surface area contributed by atoms with Gasteiger partial charge in [-0.3, -0.25) is 14.4 Å². The van der Waals surface area contributed by atoms with Gasteiger partial charge in [0.2, 0.25) is 5.91 Å². The van der Waals surface area contributed by atoms with Crippen molar-refractivity contribution in [3.63, 3.8) is 0 Å². The van der Waals surface area contributed by atoms with Crippen LogP contribution < -0.4 is 25.5 Å². The second kappa shape index (κ2) is 11.8. The van der Waals surface area contributed by atoms with Gasteiger partial charge in [0.15, 0.2) is 0 Å². The molecule has 14 heteroatoms. The fraction of sp³-hybridized carbons (Fsp3) is 0.238. The standard InChI is InChI=1S/C21H19Cl2F3N4O5/c1-10(6-18(31)27-11-4-5-13(22)12(7-11)21(24,25)26)29-30-20(33)19(32)28-15-9-16(34-2)14(23)8-17(15)35-3/h4-5,7-9H,6H2,1-3H3,(H,27,31)(H,28,32)(H,30,33). The summed E-state index contributed by atoms with van der Waals surface area (Å²) in [6, 6.07) is 5.64. The summed E-state index contributed by atoms with van der Waals surface area (Å²) in [5, 5.41) is 7.95. The maximum atomic E-state index is 12.9. The quantitative estimate of drug-likeness (QED) is 0.275. The summed E-state index contributed by atoms with van der Waals surface area (Å²) in [7, 11) is 2.70. The van der Waals surface area contributed by atoms with Gasteiger partial charge in [0.25, 0.3) is 0 Å². The number of halogens is 5. The molecule has 0 aliphatic heterocycles. The highest BCUT2D eigenvalue weighted by Gasteiger charge is 2.33. The molecule has 35 heavy (non-hydrogen) atoms. The first-order valence-corrected chi connectivity index (χ1v) is 10.3. The van der Waals surface area contributed by atoms with Crippen LogP contribution in [0.4, 0.5) is 24.5 Å². The molecular formula is C21H19Cl2F3N4O5. The van der Waals surface area contributed by atoms with Crippen LogP contribution >= 0.6 is 23.2 Å². The fourth-order valence-corrected chi connectivity index (χ4v) is 3.09. The van der Waals surface area contributed by atoms with Gasteiger partial charge in [0.1, 0.15) is 11.5 Å². The lowest BCUT2D eigenvalue weighted by Crippen LogP contribution is -2.33. The van der Waals surface area contributed by atoms with Crippen molar-refractivity contribution in [2.24, 2.45) is 5.10 Å². The summed E-state index contributed by atoms with van der Waals surface area (Å²) in [6.07, 6.45) is -5.07. The average Bonchev–Trinajstić information content (AvgIpc) is 2.78. The van der Waals surface area contributed by atoms with Gasteiger partial charge in [-0.2, -0.15) is 18.3 Å². The maximum Gasteiger partial charge on any atom is 0.417 e. The van der Waals surface area contributed by atoms with Crippen LogP contribution in [0.15, 0.2) is 35.4 Å². The topological polar surface area (TPSA) is 118 Å². The van der Waals surface area contributed by atoms with E-state index < -0.39 is 34.5 Å².